The highest BCUT2D eigenvalue weighted by atomic mass is 16.5. The summed E-state index contributed by atoms with van der Waals surface area (Å²) in [5.74, 6) is -0.650. The maximum atomic E-state index is 11.6. The van der Waals surface area contributed by atoms with E-state index in [1.165, 1.54) is 0 Å². The molecule has 0 saturated heterocycles. The van der Waals surface area contributed by atoms with Crippen molar-refractivity contribution in [2.75, 3.05) is 13.7 Å². The predicted molar refractivity (Wildman–Crippen MR) is 57.4 cm³/mol. The van der Waals surface area contributed by atoms with E-state index in [9.17, 15) is 9.59 Å². The molecule has 5 heteroatoms. The molecule has 0 radical (unpaired) electrons. The molecule has 0 aromatic carbocycles. The van der Waals surface area contributed by atoms with Crippen molar-refractivity contribution in [3.8, 4) is 0 Å². The second-order valence-electron chi connectivity index (χ2n) is 3.82. The maximum absolute atomic E-state index is 11.6. The van der Waals surface area contributed by atoms with Gasteiger partial charge in [0, 0.05) is 0 Å². The van der Waals surface area contributed by atoms with Crippen LogP contribution in [0.2, 0.25) is 0 Å². The van der Waals surface area contributed by atoms with Gasteiger partial charge in [-0.25, -0.2) is 4.79 Å². The van der Waals surface area contributed by atoms with Crippen LogP contribution in [0.5, 0.6) is 0 Å². The van der Waals surface area contributed by atoms with Gasteiger partial charge >= 0.3 is 5.97 Å². The summed E-state index contributed by atoms with van der Waals surface area (Å²) in [6.07, 6.45) is 0. The lowest BCUT2D eigenvalue weighted by Gasteiger charge is -2.24. The highest BCUT2D eigenvalue weighted by Crippen LogP contribution is 2.01. The largest absolute Gasteiger partial charge is 0.464 e. The van der Waals surface area contributed by atoms with Gasteiger partial charge < -0.3 is 15.4 Å². The van der Waals surface area contributed by atoms with Crippen LogP contribution in [0.3, 0.4) is 0 Å². The molecule has 0 fully saturated rings. The van der Waals surface area contributed by atoms with Gasteiger partial charge in [0.2, 0.25) is 5.91 Å². The number of likely N-dealkylation sites (N-methyl/N-ethyl adjacent to an activating group) is 1. The molecule has 0 aromatic heterocycles. The van der Waals surface area contributed by atoms with Crippen molar-refractivity contribution in [1.82, 2.24) is 10.6 Å². The van der Waals surface area contributed by atoms with Gasteiger partial charge in [0.15, 0.2) is 0 Å². The van der Waals surface area contributed by atoms with Gasteiger partial charge in [0.25, 0.3) is 0 Å². The highest BCUT2D eigenvalue weighted by molar-refractivity contribution is 5.89. The molecule has 0 aliphatic heterocycles. The van der Waals surface area contributed by atoms with E-state index in [0.717, 1.165) is 0 Å². The van der Waals surface area contributed by atoms with E-state index in [0.29, 0.717) is 6.61 Å². The van der Waals surface area contributed by atoms with E-state index < -0.39 is 17.6 Å². The molecule has 1 atom stereocenters. The van der Waals surface area contributed by atoms with Crippen molar-refractivity contribution in [1.29, 1.82) is 0 Å². The van der Waals surface area contributed by atoms with E-state index >= 15 is 0 Å². The molecule has 0 aliphatic carbocycles. The molecule has 0 bridgehead atoms. The lowest BCUT2D eigenvalue weighted by atomic mass is 10.0. The number of nitrogens with one attached hydrogen (secondary N) is 2. The third-order valence-electron chi connectivity index (χ3n) is 2.18. The molecular weight excluding hydrogens is 196 g/mol. The van der Waals surface area contributed by atoms with Gasteiger partial charge in [-0.05, 0) is 34.7 Å². The molecular formula is C10H20N2O3. The molecule has 0 heterocycles. The minimum absolute atomic E-state index is 0.231. The Morgan fingerprint density at radius 2 is 1.93 bits per heavy atom. The molecule has 1 amide bonds. The number of amides is 1. The molecule has 2 N–H and O–H groups in total. The van der Waals surface area contributed by atoms with Crippen LogP contribution in [0.1, 0.15) is 27.7 Å². The normalized spacial score (nSPS) is 13.1. The van der Waals surface area contributed by atoms with Crippen molar-refractivity contribution >= 4 is 11.9 Å². The number of hydrogen-bond donors (Lipinski definition) is 2. The Kier molecular flexibility index (Phi) is 5.28. The quantitative estimate of drug-likeness (QED) is 0.637. The van der Waals surface area contributed by atoms with Gasteiger partial charge in [-0.15, -0.1) is 0 Å². The molecule has 0 rings (SSSR count). The van der Waals surface area contributed by atoms with Crippen LogP contribution in [0.15, 0.2) is 0 Å². The van der Waals surface area contributed by atoms with E-state index in [1.807, 2.05) is 0 Å². The summed E-state index contributed by atoms with van der Waals surface area (Å²) in [6, 6.07) is -0.620. The zero-order valence-corrected chi connectivity index (χ0v) is 10.0. The topological polar surface area (TPSA) is 67.4 Å². The highest BCUT2D eigenvalue weighted by Gasteiger charge is 2.28. The Morgan fingerprint density at radius 1 is 1.40 bits per heavy atom. The van der Waals surface area contributed by atoms with E-state index in [4.69, 9.17) is 4.74 Å². The average molecular weight is 216 g/mol. The summed E-state index contributed by atoms with van der Waals surface area (Å²) in [4.78, 5) is 22.9. The molecule has 15 heavy (non-hydrogen) atoms. The van der Waals surface area contributed by atoms with Crippen molar-refractivity contribution in [3.63, 3.8) is 0 Å². The summed E-state index contributed by atoms with van der Waals surface area (Å²) in [5, 5.41) is 5.43. The maximum Gasteiger partial charge on any atom is 0.328 e. The SMILES string of the molecule is CCOC(=O)C(C)NC(=O)C(C)(C)NC. The van der Waals surface area contributed by atoms with Gasteiger partial charge in [-0.1, -0.05) is 0 Å². The molecule has 0 aromatic rings. The second kappa shape index (κ2) is 5.70. The minimum atomic E-state index is -0.694. The zero-order valence-electron chi connectivity index (χ0n) is 10.0. The Labute approximate surface area is 90.6 Å². The fourth-order valence-electron chi connectivity index (χ4n) is 0.817. The first-order valence-electron chi connectivity index (χ1n) is 5.01. The average Bonchev–Trinajstić information content (AvgIpc) is 2.17. The summed E-state index contributed by atoms with van der Waals surface area (Å²) in [5.41, 5.74) is -0.694. The number of carbonyl (C=O) groups excluding carboxylic acids is 2. The van der Waals surface area contributed by atoms with Crippen LogP contribution in [-0.4, -0.2) is 37.1 Å². The lowest BCUT2D eigenvalue weighted by molar-refractivity contribution is -0.147. The van der Waals surface area contributed by atoms with Crippen LogP contribution in [-0.2, 0) is 14.3 Å². The lowest BCUT2D eigenvalue weighted by Crippen LogP contribution is -2.54. The Balaban J connectivity index is 4.24. The van der Waals surface area contributed by atoms with Crippen molar-refractivity contribution < 1.29 is 14.3 Å². The summed E-state index contributed by atoms with van der Waals surface area (Å²) >= 11 is 0. The summed E-state index contributed by atoms with van der Waals surface area (Å²) < 4.78 is 4.78. The van der Waals surface area contributed by atoms with Crippen molar-refractivity contribution in [3.05, 3.63) is 0 Å². The van der Waals surface area contributed by atoms with Crippen LogP contribution in [0, 0.1) is 0 Å². The van der Waals surface area contributed by atoms with Crippen LogP contribution >= 0.6 is 0 Å². The van der Waals surface area contributed by atoms with E-state index in [-0.39, 0.29) is 5.91 Å². The molecule has 1 unspecified atom stereocenters. The molecule has 0 aliphatic rings. The van der Waals surface area contributed by atoms with Crippen LogP contribution < -0.4 is 10.6 Å². The molecule has 0 spiro atoms. The Morgan fingerprint density at radius 3 is 2.33 bits per heavy atom. The standard InChI is InChI=1S/C10H20N2O3/c1-6-15-8(13)7(2)12-9(14)10(3,4)11-5/h7,11H,6H2,1-5H3,(H,12,14). The third kappa shape index (κ3) is 4.29. The second-order valence-corrected chi connectivity index (χ2v) is 3.82. The smallest absolute Gasteiger partial charge is 0.328 e. The number of ether oxygens (including phenoxy) is 1. The fourth-order valence-corrected chi connectivity index (χ4v) is 0.817. The monoisotopic (exact) mass is 216 g/mol. The van der Waals surface area contributed by atoms with Crippen molar-refractivity contribution in [2.24, 2.45) is 0 Å². The first-order chi connectivity index (χ1) is 6.85. The first-order valence-corrected chi connectivity index (χ1v) is 5.01. The number of rotatable bonds is 5. The number of carbonyl (C=O) groups is 2. The summed E-state index contributed by atoms with van der Waals surface area (Å²) in [7, 11) is 1.69. The first kappa shape index (κ1) is 13.9. The molecule has 0 saturated carbocycles. The van der Waals surface area contributed by atoms with Crippen LogP contribution in [0.4, 0.5) is 0 Å². The number of esters is 1. The number of hydrogen-bond acceptors (Lipinski definition) is 4. The molecule has 88 valence electrons. The fraction of sp³-hybridized carbons (Fsp3) is 0.800. The van der Waals surface area contributed by atoms with Gasteiger partial charge in [0.05, 0.1) is 12.1 Å². The Hall–Kier alpha value is -1.10. The van der Waals surface area contributed by atoms with E-state index in [1.54, 1.807) is 34.7 Å². The van der Waals surface area contributed by atoms with Crippen molar-refractivity contribution in [2.45, 2.75) is 39.3 Å². The van der Waals surface area contributed by atoms with Gasteiger partial charge in [-0.3, -0.25) is 4.79 Å². The third-order valence-corrected chi connectivity index (χ3v) is 2.18. The zero-order chi connectivity index (χ0) is 12.1. The van der Waals surface area contributed by atoms with Crippen LogP contribution in [0.25, 0.3) is 0 Å². The van der Waals surface area contributed by atoms with E-state index in [2.05, 4.69) is 10.6 Å². The van der Waals surface area contributed by atoms with Gasteiger partial charge in [0.1, 0.15) is 6.04 Å². The Bertz CT molecular complexity index is 239. The van der Waals surface area contributed by atoms with Gasteiger partial charge in [-0.2, -0.15) is 0 Å². The molecule has 5 nitrogen and oxygen atoms in total. The summed E-state index contributed by atoms with van der Waals surface area (Å²) in [6.45, 7) is 7.11. The minimum Gasteiger partial charge on any atom is -0.464 e. The predicted octanol–water partition coefficient (Wildman–Crippen LogP) is 0.0522.